The van der Waals surface area contributed by atoms with E-state index in [9.17, 15) is 0 Å². The summed E-state index contributed by atoms with van der Waals surface area (Å²) in [6, 6.07) is 29.4. The van der Waals surface area contributed by atoms with Gasteiger partial charge in [-0.05, 0) is 137 Å². The molecular weight excluding hydrogens is 1020 g/mol. The number of hydrogen-bond acceptors (Lipinski definition) is 10. The molecule has 3 aromatic rings. The molecule has 0 aromatic heterocycles. The van der Waals surface area contributed by atoms with Gasteiger partial charge in [0, 0.05) is 24.0 Å². The van der Waals surface area contributed by atoms with Crippen LogP contribution >= 0.6 is 0 Å². The molecule has 3 unspecified atom stereocenters. The molecule has 0 N–H and O–H groups in total. The van der Waals surface area contributed by atoms with Gasteiger partial charge in [-0.15, -0.1) is 0 Å². The third-order valence-corrected chi connectivity index (χ3v) is 21.9. The van der Waals surface area contributed by atoms with Crippen molar-refractivity contribution < 1.29 is 47.5 Å². The Labute approximate surface area is 493 Å². The molecule has 82 heavy (non-hydrogen) atoms. The van der Waals surface area contributed by atoms with Crippen LogP contribution in [0.1, 0.15) is 213 Å². The van der Waals surface area contributed by atoms with Crippen molar-refractivity contribution in [1.82, 2.24) is 0 Å². The number of benzene rings is 3. The molecule has 1 saturated heterocycles. The monoisotopic (exact) mass is 1130 g/mol. The van der Waals surface area contributed by atoms with Crippen LogP contribution in [0.2, 0.25) is 0 Å². The second-order valence-electron chi connectivity index (χ2n) is 27.7. The minimum Gasteiger partial charge on any atom is -0.460 e. The SMILES string of the molecule is CC(C)CCC[C@@H](C)[C@H]1CCC2(C(=O)OCc3ccccc3)C3(C(=O)OCc4ccccc4)CCC4=C[C@@H](OCCCCCCCCCCO[C@H]5CCC[C@H]6OC(C)(C)OC[C@@]56C)CC[C@]4(C)C3(C(=O)OCc3ccccc3)CC[C@]12C. The van der Waals surface area contributed by atoms with Crippen molar-refractivity contribution in [2.75, 3.05) is 19.8 Å². The predicted octanol–water partition coefficient (Wildman–Crippen LogP) is 16.6. The van der Waals surface area contributed by atoms with Crippen molar-refractivity contribution in [2.45, 2.75) is 241 Å². The largest absolute Gasteiger partial charge is 0.460 e. The Balaban J connectivity index is 0.930. The fourth-order valence-corrected chi connectivity index (χ4v) is 17.4. The van der Waals surface area contributed by atoms with Crippen LogP contribution in [0, 0.1) is 50.2 Å². The van der Waals surface area contributed by atoms with Crippen molar-refractivity contribution in [3.05, 3.63) is 119 Å². The molecule has 5 aliphatic carbocycles. The van der Waals surface area contributed by atoms with E-state index >= 15 is 14.4 Å². The quantitative estimate of drug-likeness (QED) is 0.0316. The van der Waals surface area contributed by atoms with Gasteiger partial charge in [0.15, 0.2) is 5.79 Å². The lowest BCUT2D eigenvalue weighted by Crippen LogP contribution is -2.76. The average molecular weight is 1130 g/mol. The summed E-state index contributed by atoms with van der Waals surface area (Å²) in [5.41, 5.74) is -2.42. The molecule has 0 spiro atoms. The molecule has 0 bridgehead atoms. The standard InChI is InChI=1S/C72H102O10/c1-53(2)28-26-29-54(3)60-40-43-70(63(73)78-49-55-30-18-15-19-31-55)69(60,8)44-45-71(64(74)79-50-56-32-20-16-21-33-56)68(7)41-39-59(48-58(68)38-42-72(70,71)65(75)80-51-57-34-22-17-23-35-57)76-46-24-13-11-9-10-12-14-25-47-77-61-36-27-37-62-67(61,6)52-81-66(4,5)82-62/h15-23,30-35,48,53-54,59-62H,9-14,24-29,36-47,49-52H2,1-8H3/t54-,59+,60-,61+,62-,67+,68+,69-,70?,71?,72?/m1/s1. The van der Waals surface area contributed by atoms with Gasteiger partial charge in [-0.3, -0.25) is 14.4 Å². The minimum atomic E-state index is -1.63. The van der Waals surface area contributed by atoms with Gasteiger partial charge in [0.25, 0.3) is 0 Å². The Morgan fingerprint density at radius 2 is 1.09 bits per heavy atom. The highest BCUT2D eigenvalue weighted by Gasteiger charge is 2.87. The number of carbonyl (C=O) groups excluding carboxylic acids is 3. The van der Waals surface area contributed by atoms with Crippen LogP contribution in [-0.2, 0) is 67.4 Å². The number of ether oxygens (including phenoxy) is 7. The van der Waals surface area contributed by atoms with E-state index < -0.39 is 44.8 Å². The first kappa shape index (κ1) is 62.2. The Bertz CT molecular complexity index is 2580. The summed E-state index contributed by atoms with van der Waals surface area (Å²) in [7, 11) is 0. The fourth-order valence-electron chi connectivity index (χ4n) is 17.4. The third kappa shape index (κ3) is 12.4. The normalized spacial score (nSPS) is 32.3. The molecule has 11 atom stereocenters. The molecule has 10 heteroatoms. The maximum absolute atomic E-state index is 16.5. The van der Waals surface area contributed by atoms with Crippen molar-refractivity contribution in [3.63, 3.8) is 0 Å². The van der Waals surface area contributed by atoms with E-state index in [0.29, 0.717) is 57.7 Å². The van der Waals surface area contributed by atoms with Crippen LogP contribution in [-0.4, -0.2) is 61.8 Å². The van der Waals surface area contributed by atoms with E-state index in [4.69, 9.17) is 33.2 Å². The van der Waals surface area contributed by atoms with Crippen molar-refractivity contribution in [3.8, 4) is 0 Å². The van der Waals surface area contributed by atoms with Gasteiger partial charge in [0.2, 0.25) is 0 Å². The highest BCUT2D eigenvalue weighted by Crippen LogP contribution is 2.83. The molecule has 10 nitrogen and oxygen atoms in total. The van der Waals surface area contributed by atoms with Crippen LogP contribution in [0.3, 0.4) is 0 Å². The number of esters is 3. The van der Waals surface area contributed by atoms with Crippen LogP contribution in [0.25, 0.3) is 0 Å². The zero-order chi connectivity index (χ0) is 58.1. The summed E-state index contributed by atoms with van der Waals surface area (Å²) in [6.45, 7) is 20.0. The lowest BCUT2D eigenvalue weighted by Gasteiger charge is -2.71. The van der Waals surface area contributed by atoms with Crippen molar-refractivity contribution >= 4 is 17.9 Å². The Kier molecular flexibility index (Phi) is 20.4. The summed E-state index contributed by atoms with van der Waals surface area (Å²) in [6.07, 6.45) is 22.6. The Morgan fingerprint density at radius 3 is 1.66 bits per heavy atom. The maximum Gasteiger partial charge on any atom is 0.314 e. The van der Waals surface area contributed by atoms with E-state index in [0.717, 1.165) is 93.1 Å². The average Bonchev–Trinajstić information content (AvgIpc) is 2.07. The molecule has 3 aromatic carbocycles. The summed E-state index contributed by atoms with van der Waals surface area (Å²) < 4.78 is 45.9. The smallest absolute Gasteiger partial charge is 0.314 e. The summed E-state index contributed by atoms with van der Waals surface area (Å²) >= 11 is 0. The van der Waals surface area contributed by atoms with Crippen LogP contribution in [0.15, 0.2) is 103 Å². The lowest BCUT2D eigenvalue weighted by molar-refractivity contribution is -0.338. The van der Waals surface area contributed by atoms with E-state index in [1.165, 1.54) is 32.1 Å². The molecule has 0 radical (unpaired) electrons. The van der Waals surface area contributed by atoms with Gasteiger partial charge in [0.1, 0.15) is 25.2 Å². The number of carbonyl (C=O) groups is 3. The summed E-state index contributed by atoms with van der Waals surface area (Å²) in [5, 5.41) is 0. The molecular formula is C72H102O10. The second kappa shape index (κ2) is 26.9. The number of hydrogen-bond donors (Lipinski definition) is 0. The number of rotatable bonds is 27. The molecule has 0 amide bonds. The third-order valence-electron chi connectivity index (χ3n) is 21.9. The van der Waals surface area contributed by atoms with Crippen LogP contribution in [0.5, 0.6) is 0 Å². The first-order valence-electron chi connectivity index (χ1n) is 32.3. The summed E-state index contributed by atoms with van der Waals surface area (Å²) in [4.78, 5) is 49.2. The lowest BCUT2D eigenvalue weighted by atomic mass is 9.29. The number of unbranched alkanes of at least 4 members (excludes halogenated alkanes) is 7. The highest BCUT2D eigenvalue weighted by atomic mass is 16.7. The molecule has 450 valence electrons. The first-order valence-corrected chi connectivity index (χ1v) is 32.3. The zero-order valence-corrected chi connectivity index (χ0v) is 51.6. The van der Waals surface area contributed by atoms with E-state index in [2.05, 4.69) is 47.6 Å². The molecule has 1 heterocycles. The van der Waals surface area contributed by atoms with Gasteiger partial charge >= 0.3 is 17.9 Å². The van der Waals surface area contributed by atoms with Gasteiger partial charge in [-0.1, -0.05) is 202 Å². The molecule has 9 rings (SSSR count). The van der Waals surface area contributed by atoms with E-state index in [1.54, 1.807) is 0 Å². The maximum atomic E-state index is 16.5. The van der Waals surface area contributed by atoms with E-state index in [-0.39, 0.29) is 67.8 Å². The number of fused-ring (bicyclic) bond motifs is 6. The topological polar surface area (TPSA) is 116 Å². The molecule has 1 aliphatic heterocycles. The van der Waals surface area contributed by atoms with Crippen molar-refractivity contribution in [1.29, 1.82) is 0 Å². The van der Waals surface area contributed by atoms with Gasteiger partial charge in [-0.25, -0.2) is 0 Å². The molecule has 5 fully saturated rings. The van der Waals surface area contributed by atoms with Crippen LogP contribution in [0.4, 0.5) is 0 Å². The summed E-state index contributed by atoms with van der Waals surface area (Å²) in [5.74, 6) is -0.815. The number of allylic oxidation sites excluding steroid dienone is 1. The fraction of sp³-hybridized carbons (Fsp3) is 0.681. The zero-order valence-electron chi connectivity index (χ0n) is 51.6. The molecule has 6 aliphatic rings. The first-order chi connectivity index (χ1) is 39.4. The van der Waals surface area contributed by atoms with Gasteiger partial charge in [-0.2, -0.15) is 0 Å². The van der Waals surface area contributed by atoms with Crippen molar-refractivity contribution in [2.24, 2.45) is 50.2 Å². The molecule has 4 saturated carbocycles. The second-order valence-corrected chi connectivity index (χ2v) is 27.7. The van der Waals surface area contributed by atoms with Crippen LogP contribution < -0.4 is 0 Å². The Hall–Kier alpha value is -4.35. The Morgan fingerprint density at radius 1 is 0.549 bits per heavy atom. The minimum absolute atomic E-state index is 0.0228. The van der Waals surface area contributed by atoms with Gasteiger partial charge < -0.3 is 33.2 Å². The van der Waals surface area contributed by atoms with E-state index in [1.807, 2.05) is 105 Å². The highest BCUT2D eigenvalue weighted by molar-refractivity contribution is 5.98. The predicted molar refractivity (Wildman–Crippen MR) is 322 cm³/mol. The van der Waals surface area contributed by atoms with Gasteiger partial charge in [0.05, 0.1) is 35.7 Å².